The highest BCUT2D eigenvalue weighted by atomic mass is 15.1. The maximum atomic E-state index is 2.46. The van der Waals surface area contributed by atoms with Crippen molar-refractivity contribution < 1.29 is 0 Å². The second-order valence-corrected chi connectivity index (χ2v) is 16.6. The molecule has 0 fully saturated rings. The van der Waals surface area contributed by atoms with Crippen LogP contribution in [-0.2, 0) is 10.8 Å². The topological polar surface area (TPSA) is 8.17 Å². The number of rotatable bonds is 5. The molecule has 56 heavy (non-hydrogen) atoms. The Morgan fingerprint density at radius 2 is 0.804 bits per heavy atom. The predicted molar refractivity (Wildman–Crippen MR) is 236 cm³/mol. The van der Waals surface area contributed by atoms with E-state index < -0.39 is 0 Å². The summed E-state index contributed by atoms with van der Waals surface area (Å²) in [5, 5.41) is 2.54. The van der Waals surface area contributed by atoms with Gasteiger partial charge in [0, 0.05) is 44.4 Å². The summed E-state index contributed by atoms with van der Waals surface area (Å²) in [6.45, 7) is 9.41. The molecule has 0 spiro atoms. The summed E-state index contributed by atoms with van der Waals surface area (Å²) in [7, 11) is 0. The highest BCUT2D eigenvalue weighted by molar-refractivity contribution is 6.09. The Morgan fingerprint density at radius 3 is 1.38 bits per heavy atom. The van der Waals surface area contributed by atoms with Gasteiger partial charge in [-0.3, -0.25) is 0 Å². The van der Waals surface area contributed by atoms with E-state index in [1.807, 2.05) is 0 Å². The van der Waals surface area contributed by atoms with Crippen molar-refractivity contribution in [2.45, 2.75) is 38.5 Å². The van der Waals surface area contributed by atoms with Crippen LogP contribution in [0.15, 0.2) is 182 Å². The lowest BCUT2D eigenvalue weighted by Gasteiger charge is -2.28. The summed E-state index contributed by atoms with van der Waals surface area (Å²) in [5.74, 6) is 0. The van der Waals surface area contributed by atoms with Gasteiger partial charge in [0.05, 0.1) is 11.0 Å². The molecule has 11 rings (SSSR count). The van der Waals surface area contributed by atoms with E-state index in [2.05, 4.69) is 219 Å². The minimum absolute atomic E-state index is 0.0561. The number of hydrogen-bond donors (Lipinski definition) is 0. The second kappa shape index (κ2) is 11.9. The number of benzene rings is 8. The van der Waals surface area contributed by atoms with Crippen molar-refractivity contribution in [3.05, 3.63) is 204 Å². The SMILES string of the molecule is CC1(C)c2ccccc2-c2cc(N(c3cccc(-c4cccc(-n5c6ccccc6c6ccccc65)c4)c3)c3ccc4c(c3)-c3ccccc3C4(C)C)ccc21. The third kappa shape index (κ3) is 4.69. The molecule has 1 aromatic heterocycles. The van der Waals surface area contributed by atoms with Gasteiger partial charge >= 0.3 is 0 Å². The molecule has 9 aromatic rings. The van der Waals surface area contributed by atoms with Gasteiger partial charge in [-0.25, -0.2) is 0 Å². The lowest BCUT2D eigenvalue weighted by Crippen LogP contribution is -2.16. The van der Waals surface area contributed by atoms with Crippen molar-refractivity contribution in [3.63, 3.8) is 0 Å². The molecule has 8 aromatic carbocycles. The number of para-hydroxylation sites is 2. The normalized spacial score (nSPS) is 14.4. The summed E-state index contributed by atoms with van der Waals surface area (Å²) in [4.78, 5) is 2.46. The smallest absolute Gasteiger partial charge is 0.0541 e. The van der Waals surface area contributed by atoms with Crippen molar-refractivity contribution in [2.24, 2.45) is 0 Å². The number of fused-ring (bicyclic) bond motifs is 9. The van der Waals surface area contributed by atoms with Gasteiger partial charge < -0.3 is 9.47 Å². The van der Waals surface area contributed by atoms with Gasteiger partial charge in [0.25, 0.3) is 0 Å². The van der Waals surface area contributed by atoms with Crippen molar-refractivity contribution in [1.29, 1.82) is 0 Å². The molecule has 0 saturated carbocycles. The van der Waals surface area contributed by atoms with E-state index in [0.29, 0.717) is 0 Å². The summed E-state index contributed by atoms with van der Waals surface area (Å²) >= 11 is 0. The van der Waals surface area contributed by atoms with Crippen LogP contribution in [0.3, 0.4) is 0 Å². The Labute approximate surface area is 328 Å². The van der Waals surface area contributed by atoms with E-state index >= 15 is 0 Å². The Bertz CT molecular complexity index is 2890. The van der Waals surface area contributed by atoms with Crippen LogP contribution in [0.25, 0.3) is 60.9 Å². The van der Waals surface area contributed by atoms with Gasteiger partial charge in [-0.05, 0) is 116 Å². The average molecular weight is 719 g/mol. The maximum Gasteiger partial charge on any atom is 0.0541 e. The van der Waals surface area contributed by atoms with Crippen LogP contribution in [0.4, 0.5) is 17.1 Å². The van der Waals surface area contributed by atoms with E-state index in [1.54, 1.807) is 0 Å². The number of hydrogen-bond acceptors (Lipinski definition) is 1. The Kier molecular flexibility index (Phi) is 6.98. The minimum Gasteiger partial charge on any atom is -0.310 e. The molecule has 0 aliphatic heterocycles. The molecule has 1 heterocycles. The fourth-order valence-corrected chi connectivity index (χ4v) is 9.99. The zero-order valence-electron chi connectivity index (χ0n) is 32.2. The molecule has 2 aliphatic rings. The van der Waals surface area contributed by atoms with Crippen LogP contribution in [0, 0.1) is 0 Å². The summed E-state index contributed by atoms with van der Waals surface area (Å²) in [6.07, 6.45) is 0. The number of nitrogens with zero attached hydrogens (tertiary/aromatic N) is 2. The minimum atomic E-state index is -0.0561. The molecule has 268 valence electrons. The fraction of sp³-hybridized carbons (Fsp3) is 0.111. The highest BCUT2D eigenvalue weighted by Crippen LogP contribution is 2.53. The lowest BCUT2D eigenvalue weighted by atomic mass is 9.82. The van der Waals surface area contributed by atoms with Crippen LogP contribution in [0.2, 0.25) is 0 Å². The van der Waals surface area contributed by atoms with E-state index in [-0.39, 0.29) is 10.8 Å². The second-order valence-electron chi connectivity index (χ2n) is 16.6. The Hall–Kier alpha value is -6.64. The molecule has 2 aliphatic carbocycles. The van der Waals surface area contributed by atoms with Crippen LogP contribution in [0.5, 0.6) is 0 Å². The molecule has 0 saturated heterocycles. The van der Waals surface area contributed by atoms with Gasteiger partial charge in [0.15, 0.2) is 0 Å². The zero-order valence-corrected chi connectivity index (χ0v) is 32.2. The standard InChI is InChI=1S/C54H42N2/c1-53(2)47-23-9-5-19-41(47)45-33-39(27-29-49(45)53)55(40-28-30-50-46(34-40)42-20-6-10-24-48(42)54(50,3)4)37-17-13-15-35(31-37)36-16-14-18-38(32-36)56-51-25-11-7-21-43(51)44-22-8-12-26-52(44)56/h5-34H,1-4H3. The zero-order chi connectivity index (χ0) is 37.8. The fourth-order valence-electron chi connectivity index (χ4n) is 9.99. The van der Waals surface area contributed by atoms with Crippen molar-refractivity contribution in [1.82, 2.24) is 4.57 Å². The third-order valence-corrected chi connectivity index (χ3v) is 12.8. The van der Waals surface area contributed by atoms with Gasteiger partial charge in [-0.15, -0.1) is 0 Å². The van der Waals surface area contributed by atoms with E-state index in [4.69, 9.17) is 0 Å². The van der Waals surface area contributed by atoms with E-state index in [9.17, 15) is 0 Å². The first-order chi connectivity index (χ1) is 27.3. The third-order valence-electron chi connectivity index (χ3n) is 12.8. The predicted octanol–water partition coefficient (Wildman–Crippen LogP) is 14.5. The first-order valence-corrected chi connectivity index (χ1v) is 19.8. The summed E-state index contributed by atoms with van der Waals surface area (Å²) in [6, 6.07) is 67.6. The van der Waals surface area contributed by atoms with Crippen LogP contribution < -0.4 is 4.90 Å². The van der Waals surface area contributed by atoms with E-state index in [0.717, 1.165) is 22.7 Å². The van der Waals surface area contributed by atoms with Crippen molar-refractivity contribution >= 4 is 38.9 Å². The van der Waals surface area contributed by atoms with Gasteiger partial charge in [0.1, 0.15) is 0 Å². The molecule has 2 heteroatoms. The summed E-state index contributed by atoms with van der Waals surface area (Å²) in [5.41, 5.74) is 20.1. The highest BCUT2D eigenvalue weighted by Gasteiger charge is 2.37. The van der Waals surface area contributed by atoms with E-state index in [1.165, 1.54) is 77.4 Å². The lowest BCUT2D eigenvalue weighted by molar-refractivity contribution is 0.660. The van der Waals surface area contributed by atoms with Crippen LogP contribution in [-0.4, -0.2) is 4.57 Å². The molecule has 0 amide bonds. The molecule has 0 atom stereocenters. The van der Waals surface area contributed by atoms with Gasteiger partial charge in [-0.1, -0.05) is 149 Å². The maximum absolute atomic E-state index is 2.46. The molecule has 0 unspecified atom stereocenters. The Morgan fingerprint density at radius 1 is 0.357 bits per heavy atom. The Balaban J connectivity index is 1.08. The monoisotopic (exact) mass is 718 g/mol. The first-order valence-electron chi connectivity index (χ1n) is 19.8. The molecule has 0 bridgehead atoms. The van der Waals surface area contributed by atoms with Crippen molar-refractivity contribution in [2.75, 3.05) is 4.90 Å². The largest absolute Gasteiger partial charge is 0.310 e. The number of aromatic nitrogens is 1. The molecule has 0 N–H and O–H groups in total. The van der Waals surface area contributed by atoms with Gasteiger partial charge in [0.2, 0.25) is 0 Å². The van der Waals surface area contributed by atoms with Crippen LogP contribution in [0.1, 0.15) is 49.9 Å². The molecular weight excluding hydrogens is 677 g/mol. The first kappa shape index (κ1) is 32.8. The number of anilines is 3. The van der Waals surface area contributed by atoms with Crippen molar-refractivity contribution in [3.8, 4) is 39.1 Å². The average Bonchev–Trinajstić information content (AvgIpc) is 3.78. The van der Waals surface area contributed by atoms with Gasteiger partial charge in [-0.2, -0.15) is 0 Å². The molecule has 0 radical (unpaired) electrons. The molecular formula is C54H42N2. The van der Waals surface area contributed by atoms with Crippen LogP contribution >= 0.6 is 0 Å². The summed E-state index contributed by atoms with van der Waals surface area (Å²) < 4.78 is 2.40. The molecule has 2 nitrogen and oxygen atoms in total. The quantitative estimate of drug-likeness (QED) is 0.172.